The molecule has 0 bridgehead atoms. The highest BCUT2D eigenvalue weighted by atomic mass is 16.3. The number of hydrogen-bond donors (Lipinski definition) is 3. The van der Waals surface area contributed by atoms with E-state index in [1.165, 1.54) is 0 Å². The average Bonchev–Trinajstić information content (AvgIpc) is 2.61. The number of anilines is 1. The van der Waals surface area contributed by atoms with E-state index in [4.69, 9.17) is 0 Å². The van der Waals surface area contributed by atoms with Gasteiger partial charge in [-0.15, -0.1) is 0 Å². The molecule has 2 amide bonds. The summed E-state index contributed by atoms with van der Waals surface area (Å²) in [4.78, 5) is 23.9. The van der Waals surface area contributed by atoms with Crippen molar-refractivity contribution in [2.24, 2.45) is 5.10 Å². The van der Waals surface area contributed by atoms with Crippen molar-refractivity contribution in [3.8, 4) is 5.75 Å². The third kappa shape index (κ3) is 5.73. The Morgan fingerprint density at radius 3 is 2.31 bits per heavy atom. The second kappa shape index (κ2) is 8.80. The van der Waals surface area contributed by atoms with Gasteiger partial charge in [0.1, 0.15) is 5.75 Å². The molecule has 0 heterocycles. The van der Waals surface area contributed by atoms with Crippen LogP contribution in [0.25, 0.3) is 0 Å². The van der Waals surface area contributed by atoms with Crippen LogP contribution in [0.3, 0.4) is 0 Å². The van der Waals surface area contributed by atoms with Gasteiger partial charge in [0.05, 0.1) is 5.71 Å². The molecule has 6 heteroatoms. The van der Waals surface area contributed by atoms with Gasteiger partial charge in [0.15, 0.2) is 0 Å². The van der Waals surface area contributed by atoms with E-state index < -0.39 is 0 Å². The van der Waals surface area contributed by atoms with Gasteiger partial charge in [-0.2, -0.15) is 5.10 Å². The molecule has 0 aliphatic rings. The van der Waals surface area contributed by atoms with Crippen molar-refractivity contribution >= 4 is 23.2 Å². The molecule has 2 aromatic rings. The topological polar surface area (TPSA) is 90.8 Å². The Morgan fingerprint density at radius 2 is 1.65 bits per heavy atom. The predicted octanol–water partition coefficient (Wildman–Crippen LogP) is 3.27. The number of phenols is 1. The Morgan fingerprint density at radius 1 is 1.00 bits per heavy atom. The van der Waals surface area contributed by atoms with Gasteiger partial charge >= 0.3 is 0 Å². The smallest absolute Gasteiger partial charge is 0.240 e. The van der Waals surface area contributed by atoms with E-state index in [1.54, 1.807) is 31.2 Å². The highest BCUT2D eigenvalue weighted by Gasteiger charge is 2.08. The first-order valence-corrected chi connectivity index (χ1v) is 8.35. The fourth-order valence-corrected chi connectivity index (χ4v) is 2.36. The number of aryl methyl sites for hydroxylation is 2. The number of hydrogen-bond acceptors (Lipinski definition) is 4. The monoisotopic (exact) mass is 353 g/mol. The second-order valence-corrected chi connectivity index (χ2v) is 6.15. The Hall–Kier alpha value is -3.15. The van der Waals surface area contributed by atoms with Crippen LogP contribution in [-0.2, 0) is 9.59 Å². The van der Waals surface area contributed by atoms with Gasteiger partial charge in [-0.3, -0.25) is 9.59 Å². The number of nitrogens with one attached hydrogen (secondary N) is 2. The van der Waals surface area contributed by atoms with Crippen molar-refractivity contribution < 1.29 is 14.7 Å². The first kappa shape index (κ1) is 19.2. The lowest BCUT2D eigenvalue weighted by atomic mass is 10.1. The molecule has 6 nitrogen and oxygen atoms in total. The Kier molecular flexibility index (Phi) is 6.49. The zero-order valence-electron chi connectivity index (χ0n) is 15.2. The molecule has 0 radical (unpaired) electrons. The third-order valence-corrected chi connectivity index (χ3v) is 3.87. The molecule has 0 aromatic heterocycles. The largest absolute Gasteiger partial charge is 0.508 e. The first-order chi connectivity index (χ1) is 12.3. The Bertz CT molecular complexity index is 827. The second-order valence-electron chi connectivity index (χ2n) is 6.15. The number of nitrogens with zero attached hydrogens (tertiary/aromatic N) is 1. The Labute approximate surface area is 152 Å². The van der Waals surface area contributed by atoms with Crippen LogP contribution in [0.4, 0.5) is 5.69 Å². The van der Waals surface area contributed by atoms with Crippen LogP contribution in [0.15, 0.2) is 47.6 Å². The van der Waals surface area contributed by atoms with Crippen molar-refractivity contribution in [3.05, 3.63) is 59.2 Å². The molecule has 0 saturated heterocycles. The van der Waals surface area contributed by atoms with Gasteiger partial charge in [-0.25, -0.2) is 5.43 Å². The van der Waals surface area contributed by atoms with Crippen molar-refractivity contribution in [2.75, 3.05) is 5.32 Å². The normalized spacial score (nSPS) is 11.1. The zero-order valence-corrected chi connectivity index (χ0v) is 15.2. The van der Waals surface area contributed by atoms with Gasteiger partial charge in [-0.1, -0.05) is 17.7 Å². The molecule has 2 rings (SSSR count). The molecule has 0 aliphatic carbocycles. The summed E-state index contributed by atoms with van der Waals surface area (Å²) in [6, 6.07) is 12.3. The number of benzene rings is 2. The minimum Gasteiger partial charge on any atom is -0.508 e. The minimum atomic E-state index is -0.334. The standard InChI is InChI=1S/C20H23N3O3/c1-13-4-9-18(14(2)12-13)21-19(25)10-11-20(26)23-22-15(3)16-5-7-17(24)8-6-16/h4-9,12,24H,10-11H2,1-3H3,(H,21,25)(H,23,26). The molecule has 0 atom stereocenters. The molecule has 0 unspecified atom stereocenters. The fraction of sp³-hybridized carbons (Fsp3) is 0.250. The molecule has 0 spiro atoms. The van der Waals surface area contributed by atoms with E-state index in [0.29, 0.717) is 5.71 Å². The summed E-state index contributed by atoms with van der Waals surface area (Å²) in [6.07, 6.45) is 0.121. The molecule has 0 saturated carbocycles. The summed E-state index contributed by atoms with van der Waals surface area (Å²) in [6.45, 7) is 5.67. The van der Waals surface area contributed by atoms with E-state index in [9.17, 15) is 14.7 Å². The minimum absolute atomic E-state index is 0.0447. The maximum absolute atomic E-state index is 12.0. The summed E-state index contributed by atoms with van der Waals surface area (Å²) >= 11 is 0. The molecule has 2 aromatic carbocycles. The van der Waals surface area contributed by atoms with Crippen LogP contribution in [0.1, 0.15) is 36.5 Å². The van der Waals surface area contributed by atoms with E-state index in [1.807, 2.05) is 32.0 Å². The highest BCUT2D eigenvalue weighted by molar-refractivity contribution is 5.99. The SMILES string of the molecule is CC(=NNC(=O)CCC(=O)Nc1ccc(C)cc1C)c1ccc(O)cc1. The molecular formula is C20H23N3O3. The van der Waals surface area contributed by atoms with Gasteiger partial charge in [0.25, 0.3) is 0 Å². The number of aromatic hydroxyl groups is 1. The van der Waals surface area contributed by atoms with Crippen molar-refractivity contribution in [3.63, 3.8) is 0 Å². The summed E-state index contributed by atoms with van der Waals surface area (Å²) in [5, 5.41) is 16.1. The van der Waals surface area contributed by atoms with Gasteiger partial charge in [0, 0.05) is 18.5 Å². The van der Waals surface area contributed by atoms with Crippen LogP contribution in [0.2, 0.25) is 0 Å². The quantitative estimate of drug-likeness (QED) is 0.550. The fourth-order valence-electron chi connectivity index (χ4n) is 2.36. The van der Waals surface area contributed by atoms with Crippen molar-refractivity contribution in [1.29, 1.82) is 0 Å². The van der Waals surface area contributed by atoms with Crippen LogP contribution in [-0.4, -0.2) is 22.6 Å². The van der Waals surface area contributed by atoms with Crippen LogP contribution in [0, 0.1) is 13.8 Å². The van der Waals surface area contributed by atoms with E-state index in [2.05, 4.69) is 15.8 Å². The lowest BCUT2D eigenvalue weighted by molar-refractivity contribution is -0.124. The molecular weight excluding hydrogens is 330 g/mol. The molecule has 136 valence electrons. The third-order valence-electron chi connectivity index (χ3n) is 3.87. The molecule has 26 heavy (non-hydrogen) atoms. The summed E-state index contributed by atoms with van der Waals surface area (Å²) in [7, 11) is 0. The number of phenolic OH excluding ortho intramolecular Hbond substituents is 1. The number of carbonyl (C=O) groups is 2. The summed E-state index contributed by atoms with van der Waals surface area (Å²) < 4.78 is 0. The average molecular weight is 353 g/mol. The van der Waals surface area contributed by atoms with Crippen LogP contribution >= 0.6 is 0 Å². The zero-order chi connectivity index (χ0) is 19.1. The number of amides is 2. The van der Waals surface area contributed by atoms with E-state index in [-0.39, 0.29) is 30.4 Å². The van der Waals surface area contributed by atoms with Gasteiger partial charge < -0.3 is 10.4 Å². The van der Waals surface area contributed by atoms with E-state index in [0.717, 1.165) is 22.4 Å². The predicted molar refractivity (Wildman–Crippen MR) is 102 cm³/mol. The summed E-state index contributed by atoms with van der Waals surface area (Å²) in [5.41, 5.74) is 6.70. The molecule has 0 fully saturated rings. The molecule has 3 N–H and O–H groups in total. The van der Waals surface area contributed by atoms with Gasteiger partial charge in [-0.05, 0) is 62.2 Å². The number of hydrazone groups is 1. The van der Waals surface area contributed by atoms with Crippen LogP contribution < -0.4 is 10.7 Å². The maximum Gasteiger partial charge on any atom is 0.240 e. The maximum atomic E-state index is 12.0. The van der Waals surface area contributed by atoms with E-state index >= 15 is 0 Å². The van der Waals surface area contributed by atoms with Gasteiger partial charge in [0.2, 0.25) is 11.8 Å². The lowest BCUT2D eigenvalue weighted by Gasteiger charge is -2.09. The van der Waals surface area contributed by atoms with Crippen LogP contribution in [0.5, 0.6) is 5.75 Å². The first-order valence-electron chi connectivity index (χ1n) is 8.35. The summed E-state index contributed by atoms with van der Waals surface area (Å²) in [5.74, 6) is -0.384. The lowest BCUT2D eigenvalue weighted by Crippen LogP contribution is -2.22. The highest BCUT2D eigenvalue weighted by Crippen LogP contribution is 2.16. The Balaban J connectivity index is 1.81. The van der Waals surface area contributed by atoms with Crippen molar-refractivity contribution in [2.45, 2.75) is 33.6 Å². The number of carbonyl (C=O) groups excluding carboxylic acids is 2. The molecule has 0 aliphatic heterocycles. The van der Waals surface area contributed by atoms with Crippen molar-refractivity contribution in [1.82, 2.24) is 5.43 Å². The number of rotatable bonds is 6.